The lowest BCUT2D eigenvalue weighted by Gasteiger charge is -2.37. The number of hydrogen-bond acceptors (Lipinski definition) is 3. The van der Waals surface area contributed by atoms with Gasteiger partial charge >= 0.3 is 0 Å². The molecule has 0 saturated carbocycles. The van der Waals surface area contributed by atoms with E-state index in [4.69, 9.17) is 5.73 Å². The molecule has 1 fully saturated rings. The Morgan fingerprint density at radius 2 is 2.11 bits per heavy atom. The fourth-order valence-corrected chi connectivity index (χ4v) is 2.97. The number of nitrogens with zero attached hydrogens (tertiary/aromatic N) is 1. The van der Waals surface area contributed by atoms with Crippen LogP contribution in [0.25, 0.3) is 0 Å². The van der Waals surface area contributed by atoms with Crippen molar-refractivity contribution in [1.29, 1.82) is 0 Å². The molecule has 1 heterocycles. The third-order valence-corrected chi connectivity index (χ3v) is 4.26. The maximum atomic E-state index is 9.31. The largest absolute Gasteiger partial charge is 0.396 e. The van der Waals surface area contributed by atoms with Gasteiger partial charge in [-0.3, -0.25) is 4.90 Å². The number of aliphatic hydroxyl groups is 1. The zero-order valence-corrected chi connectivity index (χ0v) is 12.1. The van der Waals surface area contributed by atoms with E-state index in [9.17, 15) is 5.11 Å². The molecule has 0 radical (unpaired) electrons. The van der Waals surface area contributed by atoms with Crippen molar-refractivity contribution >= 4 is 15.9 Å². The smallest absolute Gasteiger partial charge is 0.0471 e. The molecule has 1 aliphatic heterocycles. The van der Waals surface area contributed by atoms with Crippen LogP contribution in [0.5, 0.6) is 0 Å². The van der Waals surface area contributed by atoms with Crippen molar-refractivity contribution in [2.45, 2.75) is 18.9 Å². The van der Waals surface area contributed by atoms with E-state index in [1.54, 1.807) is 0 Å². The lowest BCUT2D eigenvalue weighted by molar-refractivity contribution is 0.0901. The van der Waals surface area contributed by atoms with E-state index in [2.05, 4.69) is 45.1 Å². The summed E-state index contributed by atoms with van der Waals surface area (Å²) in [5.41, 5.74) is 7.21. The summed E-state index contributed by atoms with van der Waals surface area (Å²) in [6, 6.07) is 8.65. The van der Waals surface area contributed by atoms with Crippen LogP contribution in [-0.4, -0.2) is 36.2 Å². The predicted molar refractivity (Wildman–Crippen MR) is 77.3 cm³/mol. The molecule has 4 heteroatoms. The minimum Gasteiger partial charge on any atom is -0.396 e. The number of piperidine rings is 1. The third-order valence-electron chi connectivity index (χ3n) is 3.73. The number of hydrogen-bond donors (Lipinski definition) is 2. The van der Waals surface area contributed by atoms with Gasteiger partial charge in [0.2, 0.25) is 0 Å². The molecule has 100 valence electrons. The van der Waals surface area contributed by atoms with Gasteiger partial charge in [-0.1, -0.05) is 28.1 Å². The van der Waals surface area contributed by atoms with Crippen LogP contribution < -0.4 is 5.73 Å². The molecule has 1 saturated heterocycles. The van der Waals surface area contributed by atoms with E-state index in [0.29, 0.717) is 12.5 Å². The molecule has 1 aromatic rings. The van der Waals surface area contributed by atoms with Gasteiger partial charge in [0.15, 0.2) is 0 Å². The van der Waals surface area contributed by atoms with E-state index >= 15 is 0 Å². The Bertz CT molecular complexity index is 369. The van der Waals surface area contributed by atoms with Crippen molar-refractivity contribution in [3.8, 4) is 0 Å². The van der Waals surface area contributed by atoms with E-state index in [1.165, 1.54) is 5.56 Å². The second-order valence-corrected chi connectivity index (χ2v) is 5.90. The van der Waals surface area contributed by atoms with Crippen LogP contribution in [0.3, 0.4) is 0 Å². The average molecular weight is 313 g/mol. The van der Waals surface area contributed by atoms with Gasteiger partial charge in [-0.25, -0.2) is 0 Å². The van der Waals surface area contributed by atoms with Gasteiger partial charge in [-0.05, 0) is 43.0 Å². The lowest BCUT2D eigenvalue weighted by Crippen LogP contribution is -2.41. The summed E-state index contributed by atoms with van der Waals surface area (Å²) >= 11 is 3.46. The van der Waals surface area contributed by atoms with Crippen molar-refractivity contribution in [1.82, 2.24) is 4.90 Å². The second kappa shape index (κ2) is 6.66. The lowest BCUT2D eigenvalue weighted by atomic mass is 9.95. The van der Waals surface area contributed by atoms with Crippen LogP contribution >= 0.6 is 15.9 Å². The van der Waals surface area contributed by atoms with Gasteiger partial charge in [-0.15, -0.1) is 0 Å². The predicted octanol–water partition coefficient (Wildman–Crippen LogP) is 2.15. The molecular weight excluding hydrogens is 292 g/mol. The van der Waals surface area contributed by atoms with Gasteiger partial charge in [0.05, 0.1) is 0 Å². The van der Waals surface area contributed by atoms with Crippen LogP contribution in [0.4, 0.5) is 0 Å². The van der Waals surface area contributed by atoms with E-state index in [0.717, 1.165) is 30.4 Å². The zero-order chi connectivity index (χ0) is 13.0. The quantitative estimate of drug-likeness (QED) is 0.895. The molecule has 3 N–H and O–H groups in total. The Labute approximate surface area is 117 Å². The normalized spacial score (nSPS) is 22.9. The molecule has 0 spiro atoms. The number of benzene rings is 1. The van der Waals surface area contributed by atoms with Crippen molar-refractivity contribution in [2.75, 3.05) is 26.2 Å². The number of rotatable bonds is 4. The van der Waals surface area contributed by atoms with Crippen LogP contribution in [0, 0.1) is 5.92 Å². The highest BCUT2D eigenvalue weighted by Crippen LogP contribution is 2.27. The number of halogens is 1. The summed E-state index contributed by atoms with van der Waals surface area (Å²) in [6.07, 6.45) is 2.28. The third kappa shape index (κ3) is 3.32. The van der Waals surface area contributed by atoms with Gasteiger partial charge in [0.1, 0.15) is 0 Å². The molecule has 0 amide bonds. The van der Waals surface area contributed by atoms with Crippen molar-refractivity contribution in [2.24, 2.45) is 11.7 Å². The average Bonchev–Trinajstić information content (AvgIpc) is 2.42. The van der Waals surface area contributed by atoms with Crippen LogP contribution in [0.15, 0.2) is 28.7 Å². The van der Waals surface area contributed by atoms with Gasteiger partial charge < -0.3 is 10.8 Å². The molecule has 2 unspecified atom stereocenters. The van der Waals surface area contributed by atoms with Crippen molar-refractivity contribution in [3.63, 3.8) is 0 Å². The minimum absolute atomic E-state index is 0.271. The Morgan fingerprint density at radius 1 is 1.39 bits per heavy atom. The van der Waals surface area contributed by atoms with E-state index in [-0.39, 0.29) is 12.6 Å². The standard InChI is InChI=1S/C14H21BrN2O/c15-13-5-3-12(4-6-13)14(8-16)17-7-1-2-11(9-17)10-18/h3-6,11,14,18H,1-2,7-10,16H2. The summed E-state index contributed by atoms with van der Waals surface area (Å²) in [5.74, 6) is 0.406. The summed E-state index contributed by atoms with van der Waals surface area (Å²) < 4.78 is 1.09. The molecule has 2 atom stereocenters. The fraction of sp³-hybridized carbons (Fsp3) is 0.571. The molecule has 0 aliphatic carbocycles. The Balaban J connectivity index is 2.10. The zero-order valence-electron chi connectivity index (χ0n) is 10.6. The first-order valence-electron chi connectivity index (χ1n) is 6.55. The van der Waals surface area contributed by atoms with Crippen molar-refractivity contribution < 1.29 is 5.11 Å². The SMILES string of the molecule is NCC(c1ccc(Br)cc1)N1CCCC(CO)C1. The second-order valence-electron chi connectivity index (χ2n) is 4.99. The maximum Gasteiger partial charge on any atom is 0.0471 e. The van der Waals surface area contributed by atoms with Crippen molar-refractivity contribution in [3.05, 3.63) is 34.3 Å². The Morgan fingerprint density at radius 3 is 2.72 bits per heavy atom. The molecule has 1 aliphatic rings. The number of nitrogens with two attached hydrogens (primary N) is 1. The monoisotopic (exact) mass is 312 g/mol. The van der Waals surface area contributed by atoms with Crippen LogP contribution in [0.2, 0.25) is 0 Å². The molecule has 2 rings (SSSR count). The fourth-order valence-electron chi connectivity index (χ4n) is 2.71. The highest BCUT2D eigenvalue weighted by Gasteiger charge is 2.25. The molecule has 1 aromatic carbocycles. The van der Waals surface area contributed by atoms with Gasteiger partial charge in [0.25, 0.3) is 0 Å². The summed E-state index contributed by atoms with van der Waals surface area (Å²) in [6.45, 7) is 2.94. The highest BCUT2D eigenvalue weighted by atomic mass is 79.9. The van der Waals surface area contributed by atoms with E-state index in [1.807, 2.05) is 0 Å². The number of aliphatic hydroxyl groups excluding tert-OH is 1. The van der Waals surface area contributed by atoms with Crippen LogP contribution in [-0.2, 0) is 0 Å². The molecule has 0 aromatic heterocycles. The highest BCUT2D eigenvalue weighted by molar-refractivity contribution is 9.10. The molecule has 3 nitrogen and oxygen atoms in total. The number of likely N-dealkylation sites (tertiary alicyclic amines) is 1. The van der Waals surface area contributed by atoms with Gasteiger partial charge in [-0.2, -0.15) is 0 Å². The molecular formula is C14H21BrN2O. The Kier molecular flexibility index (Phi) is 5.18. The summed E-state index contributed by atoms with van der Waals surface area (Å²) in [5, 5.41) is 9.31. The summed E-state index contributed by atoms with van der Waals surface area (Å²) in [4.78, 5) is 2.41. The topological polar surface area (TPSA) is 49.5 Å². The first kappa shape index (κ1) is 14.0. The van der Waals surface area contributed by atoms with E-state index < -0.39 is 0 Å². The minimum atomic E-state index is 0.271. The molecule has 18 heavy (non-hydrogen) atoms. The van der Waals surface area contributed by atoms with Crippen LogP contribution in [0.1, 0.15) is 24.4 Å². The van der Waals surface area contributed by atoms with Gasteiger partial charge in [0, 0.05) is 30.2 Å². The maximum absolute atomic E-state index is 9.31. The summed E-state index contributed by atoms with van der Waals surface area (Å²) in [7, 11) is 0. The Hall–Kier alpha value is -0.420. The first-order valence-corrected chi connectivity index (χ1v) is 7.34. The first-order chi connectivity index (χ1) is 8.74. The molecule has 0 bridgehead atoms.